The quantitative estimate of drug-likeness (QED) is 0.795. The molecule has 17 heavy (non-hydrogen) atoms. The van der Waals surface area contributed by atoms with Crippen molar-refractivity contribution >= 4 is 5.69 Å². The molecule has 1 aromatic rings. The number of hydrogen-bond acceptors (Lipinski definition) is 3. The number of nitrogens with zero attached hydrogens (tertiary/aromatic N) is 1. The fourth-order valence-electron chi connectivity index (χ4n) is 3.03. The van der Waals surface area contributed by atoms with Crippen LogP contribution in [0.1, 0.15) is 25.7 Å². The minimum Gasteiger partial charge on any atom is -0.490 e. The lowest BCUT2D eigenvalue weighted by Gasteiger charge is -2.34. The molecule has 0 aliphatic carbocycles. The number of piperidine rings is 1. The van der Waals surface area contributed by atoms with Crippen LogP contribution in [0.15, 0.2) is 24.3 Å². The summed E-state index contributed by atoms with van der Waals surface area (Å²) in [5.41, 5.74) is 6.46. The first-order chi connectivity index (χ1) is 8.31. The molecule has 3 rings (SSSR count). The Morgan fingerprint density at radius 1 is 1.12 bits per heavy atom. The first kappa shape index (κ1) is 10.9. The molecule has 2 heterocycles. The van der Waals surface area contributed by atoms with E-state index in [0.717, 1.165) is 23.9 Å². The molecule has 92 valence electrons. The van der Waals surface area contributed by atoms with E-state index in [2.05, 4.69) is 4.90 Å². The Hall–Kier alpha value is -1.22. The van der Waals surface area contributed by atoms with E-state index in [0.29, 0.717) is 6.10 Å². The molecule has 0 radical (unpaired) electrons. The molecular weight excluding hydrogens is 212 g/mol. The van der Waals surface area contributed by atoms with Crippen LogP contribution < -0.4 is 10.5 Å². The molecule has 2 atom stereocenters. The van der Waals surface area contributed by atoms with Gasteiger partial charge in [0, 0.05) is 18.3 Å². The molecule has 0 aromatic heterocycles. The normalized spacial score (nSPS) is 28.9. The molecule has 0 saturated carbocycles. The predicted molar refractivity (Wildman–Crippen MR) is 69.1 cm³/mol. The lowest BCUT2D eigenvalue weighted by molar-refractivity contribution is 0.0787. The Labute approximate surface area is 103 Å². The molecule has 3 heteroatoms. The predicted octanol–water partition coefficient (Wildman–Crippen LogP) is 2.27. The maximum absolute atomic E-state index is 6.04. The van der Waals surface area contributed by atoms with Gasteiger partial charge >= 0.3 is 0 Å². The summed E-state index contributed by atoms with van der Waals surface area (Å²) in [5, 5.41) is 0. The number of nitrogen functional groups attached to an aromatic ring is 1. The highest BCUT2D eigenvalue weighted by Crippen LogP contribution is 2.29. The number of ether oxygens (including phenoxy) is 1. The summed E-state index contributed by atoms with van der Waals surface area (Å²) >= 11 is 0. The first-order valence-electron chi connectivity index (χ1n) is 6.57. The van der Waals surface area contributed by atoms with Crippen molar-refractivity contribution in [3.05, 3.63) is 24.3 Å². The van der Waals surface area contributed by atoms with E-state index in [-0.39, 0.29) is 0 Å². The van der Waals surface area contributed by atoms with Crippen LogP contribution in [0.4, 0.5) is 5.69 Å². The van der Waals surface area contributed by atoms with Crippen molar-refractivity contribution in [1.82, 2.24) is 4.90 Å². The van der Waals surface area contributed by atoms with Crippen molar-refractivity contribution in [2.24, 2.45) is 0 Å². The van der Waals surface area contributed by atoms with Gasteiger partial charge in [0.2, 0.25) is 0 Å². The van der Waals surface area contributed by atoms with Crippen LogP contribution in [0, 0.1) is 0 Å². The molecular formula is C14H20N2O. The SMILES string of the molecule is Nc1ccc(OC2CCN3CCCC3C2)cc1. The molecule has 0 amide bonds. The zero-order valence-corrected chi connectivity index (χ0v) is 10.1. The van der Waals surface area contributed by atoms with Gasteiger partial charge in [-0.15, -0.1) is 0 Å². The van der Waals surface area contributed by atoms with Crippen molar-refractivity contribution in [2.45, 2.75) is 37.8 Å². The highest BCUT2D eigenvalue weighted by molar-refractivity contribution is 5.41. The Morgan fingerprint density at radius 3 is 2.76 bits per heavy atom. The van der Waals surface area contributed by atoms with E-state index in [1.54, 1.807) is 0 Å². The summed E-state index contributed by atoms with van der Waals surface area (Å²) in [6.07, 6.45) is 5.43. The van der Waals surface area contributed by atoms with Gasteiger partial charge < -0.3 is 15.4 Å². The van der Waals surface area contributed by atoms with Crippen LogP contribution in [0.5, 0.6) is 5.75 Å². The zero-order valence-electron chi connectivity index (χ0n) is 10.1. The topological polar surface area (TPSA) is 38.5 Å². The molecule has 2 unspecified atom stereocenters. The second kappa shape index (κ2) is 4.57. The number of rotatable bonds is 2. The molecule has 0 bridgehead atoms. The fraction of sp³-hybridized carbons (Fsp3) is 0.571. The molecule has 2 N–H and O–H groups in total. The zero-order chi connectivity index (χ0) is 11.7. The number of anilines is 1. The average Bonchev–Trinajstić information content (AvgIpc) is 2.79. The van der Waals surface area contributed by atoms with Crippen molar-refractivity contribution in [1.29, 1.82) is 0 Å². The van der Waals surface area contributed by atoms with Gasteiger partial charge in [0.05, 0.1) is 0 Å². The van der Waals surface area contributed by atoms with E-state index < -0.39 is 0 Å². The number of hydrogen-bond donors (Lipinski definition) is 1. The lowest BCUT2D eigenvalue weighted by Crippen LogP contribution is -2.42. The monoisotopic (exact) mass is 232 g/mol. The smallest absolute Gasteiger partial charge is 0.119 e. The van der Waals surface area contributed by atoms with E-state index in [1.807, 2.05) is 24.3 Å². The van der Waals surface area contributed by atoms with Crippen molar-refractivity contribution in [3.8, 4) is 5.75 Å². The second-order valence-electron chi connectivity index (χ2n) is 5.17. The van der Waals surface area contributed by atoms with Crippen LogP contribution in [0.25, 0.3) is 0 Å². The van der Waals surface area contributed by atoms with Crippen LogP contribution in [0.3, 0.4) is 0 Å². The van der Waals surface area contributed by atoms with E-state index in [4.69, 9.17) is 10.5 Å². The molecule has 2 aliphatic heterocycles. The van der Waals surface area contributed by atoms with Crippen molar-refractivity contribution in [2.75, 3.05) is 18.8 Å². The molecule has 3 nitrogen and oxygen atoms in total. The molecule has 2 aliphatic rings. The third kappa shape index (κ3) is 2.39. The Balaban J connectivity index is 1.60. The van der Waals surface area contributed by atoms with Crippen LogP contribution in [0.2, 0.25) is 0 Å². The number of nitrogens with two attached hydrogens (primary N) is 1. The van der Waals surface area contributed by atoms with Crippen molar-refractivity contribution < 1.29 is 4.74 Å². The summed E-state index contributed by atoms with van der Waals surface area (Å²) in [7, 11) is 0. The Kier molecular flexibility index (Phi) is 2.93. The third-order valence-electron chi connectivity index (χ3n) is 3.96. The molecule has 0 spiro atoms. The van der Waals surface area contributed by atoms with Gasteiger partial charge in [0.25, 0.3) is 0 Å². The number of fused-ring (bicyclic) bond motifs is 1. The maximum Gasteiger partial charge on any atom is 0.119 e. The minimum absolute atomic E-state index is 0.387. The summed E-state index contributed by atoms with van der Waals surface area (Å²) in [5.74, 6) is 0.954. The van der Waals surface area contributed by atoms with Gasteiger partial charge in [-0.25, -0.2) is 0 Å². The van der Waals surface area contributed by atoms with E-state index in [1.165, 1.54) is 32.4 Å². The standard InChI is InChI=1S/C14H20N2O/c15-11-3-5-13(6-4-11)17-14-7-9-16-8-1-2-12(16)10-14/h3-6,12,14H,1-2,7-10,15H2. The highest BCUT2D eigenvalue weighted by atomic mass is 16.5. The number of benzene rings is 1. The lowest BCUT2D eigenvalue weighted by atomic mass is 10.00. The van der Waals surface area contributed by atoms with Gasteiger partial charge in [-0.2, -0.15) is 0 Å². The van der Waals surface area contributed by atoms with Crippen molar-refractivity contribution in [3.63, 3.8) is 0 Å². The van der Waals surface area contributed by atoms with Gasteiger partial charge in [-0.05, 0) is 56.5 Å². The van der Waals surface area contributed by atoms with Crippen LogP contribution >= 0.6 is 0 Å². The van der Waals surface area contributed by atoms with Gasteiger partial charge in [0.1, 0.15) is 11.9 Å². The van der Waals surface area contributed by atoms with E-state index >= 15 is 0 Å². The third-order valence-corrected chi connectivity index (χ3v) is 3.96. The average molecular weight is 232 g/mol. The summed E-state index contributed by atoms with van der Waals surface area (Å²) in [6, 6.07) is 8.51. The molecule has 2 saturated heterocycles. The summed E-state index contributed by atoms with van der Waals surface area (Å²) in [4.78, 5) is 2.61. The maximum atomic E-state index is 6.04. The van der Waals surface area contributed by atoms with E-state index in [9.17, 15) is 0 Å². The van der Waals surface area contributed by atoms with Crippen LogP contribution in [-0.4, -0.2) is 30.1 Å². The molecule has 2 fully saturated rings. The Morgan fingerprint density at radius 2 is 1.94 bits per heavy atom. The molecule has 1 aromatic carbocycles. The Bertz CT molecular complexity index is 376. The highest BCUT2D eigenvalue weighted by Gasteiger charge is 2.32. The summed E-state index contributed by atoms with van der Waals surface area (Å²) < 4.78 is 6.04. The van der Waals surface area contributed by atoms with Gasteiger partial charge in [-0.1, -0.05) is 0 Å². The fourth-order valence-corrected chi connectivity index (χ4v) is 3.03. The first-order valence-corrected chi connectivity index (χ1v) is 6.57. The second-order valence-corrected chi connectivity index (χ2v) is 5.17. The van der Waals surface area contributed by atoms with Gasteiger partial charge in [0.15, 0.2) is 0 Å². The summed E-state index contributed by atoms with van der Waals surface area (Å²) in [6.45, 7) is 2.49. The van der Waals surface area contributed by atoms with Gasteiger partial charge in [-0.3, -0.25) is 0 Å². The minimum atomic E-state index is 0.387. The van der Waals surface area contributed by atoms with Crippen LogP contribution in [-0.2, 0) is 0 Å². The largest absolute Gasteiger partial charge is 0.490 e.